The van der Waals surface area contributed by atoms with Gasteiger partial charge in [-0.1, -0.05) is 12.1 Å². The van der Waals surface area contributed by atoms with Crippen LogP contribution in [0, 0.1) is 23.0 Å². The van der Waals surface area contributed by atoms with Crippen LogP contribution in [0.4, 0.5) is 5.69 Å². The molecule has 128 valence electrons. The molecule has 2 aromatic rings. The number of nitro groups is 1. The van der Waals surface area contributed by atoms with Crippen molar-refractivity contribution in [3.8, 4) is 11.3 Å². The molecule has 0 bridgehead atoms. The van der Waals surface area contributed by atoms with Crippen LogP contribution in [0.2, 0.25) is 0 Å². The van der Waals surface area contributed by atoms with Gasteiger partial charge in [0.25, 0.3) is 5.69 Å². The van der Waals surface area contributed by atoms with Gasteiger partial charge in [-0.3, -0.25) is 20.0 Å². The lowest BCUT2D eigenvalue weighted by Gasteiger charge is -2.20. The smallest absolute Gasteiger partial charge is 0.270 e. The van der Waals surface area contributed by atoms with Crippen molar-refractivity contribution in [3.63, 3.8) is 0 Å². The van der Waals surface area contributed by atoms with Crippen molar-refractivity contribution in [2.75, 3.05) is 6.54 Å². The third-order valence-electron chi connectivity index (χ3n) is 5.07. The minimum absolute atomic E-state index is 0.0542. The number of hydrogen-bond donors (Lipinski definition) is 0. The molecule has 1 aromatic carbocycles. The van der Waals surface area contributed by atoms with Gasteiger partial charge in [-0.05, 0) is 37.3 Å². The van der Waals surface area contributed by atoms with Gasteiger partial charge in [0.1, 0.15) is 6.29 Å². The second-order valence-corrected chi connectivity index (χ2v) is 6.93. The molecule has 1 fully saturated rings. The summed E-state index contributed by atoms with van der Waals surface area (Å²) in [5.41, 5.74) is 4.44. The van der Waals surface area contributed by atoms with E-state index in [1.807, 2.05) is 19.1 Å². The maximum Gasteiger partial charge on any atom is 0.270 e. The summed E-state index contributed by atoms with van der Waals surface area (Å²) < 4.78 is 0. The quantitative estimate of drug-likeness (QED) is 0.474. The van der Waals surface area contributed by atoms with E-state index in [0.29, 0.717) is 5.92 Å². The molecule has 1 aliphatic carbocycles. The van der Waals surface area contributed by atoms with Crippen LogP contribution in [0.15, 0.2) is 30.3 Å². The van der Waals surface area contributed by atoms with Crippen LogP contribution >= 0.6 is 0 Å². The summed E-state index contributed by atoms with van der Waals surface area (Å²) in [6.45, 7) is 3.60. The third-order valence-corrected chi connectivity index (χ3v) is 5.07. The maximum absolute atomic E-state index is 11.7. The Morgan fingerprint density at radius 1 is 1.36 bits per heavy atom. The molecule has 6 heteroatoms. The van der Waals surface area contributed by atoms with Gasteiger partial charge in [-0.15, -0.1) is 0 Å². The Labute approximate surface area is 145 Å². The normalized spacial score (nSPS) is 19.6. The molecule has 0 N–H and O–H groups in total. The first-order valence-electron chi connectivity index (χ1n) is 8.51. The van der Waals surface area contributed by atoms with Crippen molar-refractivity contribution in [1.82, 2.24) is 9.88 Å². The number of aldehydes is 1. The number of pyridine rings is 1. The van der Waals surface area contributed by atoms with Gasteiger partial charge in [-0.25, -0.2) is 0 Å². The minimum atomic E-state index is -0.399. The van der Waals surface area contributed by atoms with E-state index < -0.39 is 4.92 Å². The summed E-state index contributed by atoms with van der Waals surface area (Å²) in [5.74, 6) is 0.710. The van der Waals surface area contributed by atoms with Gasteiger partial charge >= 0.3 is 0 Å². The van der Waals surface area contributed by atoms with E-state index in [0.717, 1.165) is 47.5 Å². The number of carbonyl (C=O) groups excluding carboxylic acids is 1. The Morgan fingerprint density at radius 2 is 2.16 bits per heavy atom. The first kappa shape index (κ1) is 15.9. The van der Waals surface area contributed by atoms with Crippen LogP contribution in [0.5, 0.6) is 0 Å². The van der Waals surface area contributed by atoms with Crippen LogP contribution in [-0.2, 0) is 11.3 Å². The number of aromatic nitrogens is 1. The average molecular weight is 337 g/mol. The first-order valence-corrected chi connectivity index (χ1v) is 8.51. The molecule has 4 rings (SSSR count). The van der Waals surface area contributed by atoms with Crippen LogP contribution in [0.25, 0.3) is 11.3 Å². The largest absolute Gasteiger partial charge is 0.301 e. The molecule has 2 aliphatic rings. The lowest BCUT2D eigenvalue weighted by atomic mass is 10.0. The van der Waals surface area contributed by atoms with E-state index in [-0.39, 0.29) is 11.7 Å². The van der Waals surface area contributed by atoms with Crippen LogP contribution < -0.4 is 0 Å². The lowest BCUT2D eigenvalue weighted by Crippen LogP contribution is -2.25. The Kier molecular flexibility index (Phi) is 3.84. The van der Waals surface area contributed by atoms with E-state index in [4.69, 9.17) is 0 Å². The molecular weight excluding hydrogens is 318 g/mol. The maximum atomic E-state index is 11.7. The predicted molar refractivity (Wildman–Crippen MR) is 93.0 cm³/mol. The third kappa shape index (κ3) is 2.93. The number of carbonyl (C=O) groups is 1. The summed E-state index contributed by atoms with van der Waals surface area (Å²) >= 11 is 0. The number of non-ortho nitro benzene ring substituents is 1. The molecule has 6 nitrogen and oxygen atoms in total. The number of benzene rings is 1. The number of nitrogens with zero attached hydrogens (tertiary/aromatic N) is 3. The molecule has 0 saturated heterocycles. The molecule has 1 saturated carbocycles. The highest BCUT2D eigenvalue weighted by Crippen LogP contribution is 2.40. The fourth-order valence-electron chi connectivity index (χ4n) is 3.67. The molecular formula is C19H19N3O3. The summed E-state index contributed by atoms with van der Waals surface area (Å²) in [6, 6.07) is 8.28. The second kappa shape index (κ2) is 6.04. The average Bonchev–Trinajstić information content (AvgIpc) is 3.34. The molecule has 25 heavy (non-hydrogen) atoms. The lowest BCUT2D eigenvalue weighted by molar-refractivity contribution is -0.384. The molecule has 1 unspecified atom stereocenters. The topological polar surface area (TPSA) is 76.3 Å². The summed E-state index contributed by atoms with van der Waals surface area (Å²) in [5, 5.41) is 11.0. The van der Waals surface area contributed by atoms with E-state index in [1.165, 1.54) is 18.9 Å². The fraction of sp³-hybridized carbons (Fsp3) is 0.368. The Morgan fingerprint density at radius 3 is 2.84 bits per heavy atom. The van der Waals surface area contributed by atoms with E-state index in [2.05, 4.69) is 9.88 Å². The highest BCUT2D eigenvalue weighted by Gasteiger charge is 2.36. The monoisotopic (exact) mass is 337 g/mol. The number of hydrogen-bond acceptors (Lipinski definition) is 5. The summed E-state index contributed by atoms with van der Waals surface area (Å²) in [6.07, 6.45) is 3.50. The molecule has 0 radical (unpaired) electrons. The minimum Gasteiger partial charge on any atom is -0.301 e. The predicted octanol–water partition coefficient (Wildman–Crippen LogP) is 3.43. The SMILES string of the molecule is Cc1nc(-c2cccc([N+](=O)[O-])c2)cc2c1C(C=O)N(CC1CC1)C2. The molecule has 0 amide bonds. The highest BCUT2D eigenvalue weighted by atomic mass is 16.6. The highest BCUT2D eigenvalue weighted by molar-refractivity contribution is 5.69. The van der Waals surface area contributed by atoms with Crippen LogP contribution in [0.1, 0.15) is 35.7 Å². The molecule has 1 aliphatic heterocycles. The van der Waals surface area contributed by atoms with Crippen molar-refractivity contribution in [2.45, 2.75) is 32.4 Å². The number of nitro benzene ring substituents is 1. The number of aryl methyl sites for hydroxylation is 1. The van der Waals surface area contributed by atoms with Crippen LogP contribution in [0.3, 0.4) is 0 Å². The summed E-state index contributed by atoms with van der Waals surface area (Å²) in [4.78, 5) is 29.1. The van der Waals surface area contributed by atoms with Crippen molar-refractivity contribution in [2.24, 2.45) is 5.92 Å². The molecule has 2 heterocycles. The Bertz CT molecular complexity index is 861. The Balaban J connectivity index is 1.72. The van der Waals surface area contributed by atoms with E-state index >= 15 is 0 Å². The fourth-order valence-corrected chi connectivity index (χ4v) is 3.67. The van der Waals surface area contributed by atoms with Crippen molar-refractivity contribution in [1.29, 1.82) is 0 Å². The Hall–Kier alpha value is -2.60. The molecule has 1 atom stereocenters. The van der Waals surface area contributed by atoms with Gasteiger partial charge in [-0.2, -0.15) is 0 Å². The van der Waals surface area contributed by atoms with Gasteiger partial charge in [0.05, 0.1) is 16.7 Å². The summed E-state index contributed by atoms with van der Waals surface area (Å²) in [7, 11) is 0. The standard InChI is InChI=1S/C19H19N3O3/c1-12-19-15(10-21(18(19)11-23)9-13-5-6-13)8-17(20-12)14-3-2-4-16(7-14)22(24)25/h2-4,7-8,11,13,18H,5-6,9-10H2,1H3. The van der Waals surface area contributed by atoms with Gasteiger partial charge in [0.2, 0.25) is 0 Å². The van der Waals surface area contributed by atoms with Gasteiger partial charge < -0.3 is 4.79 Å². The van der Waals surface area contributed by atoms with Gasteiger partial charge in [0, 0.05) is 42.0 Å². The second-order valence-electron chi connectivity index (χ2n) is 6.93. The van der Waals surface area contributed by atoms with Gasteiger partial charge in [0.15, 0.2) is 0 Å². The van der Waals surface area contributed by atoms with E-state index in [9.17, 15) is 14.9 Å². The molecule has 1 aromatic heterocycles. The van der Waals surface area contributed by atoms with Crippen LogP contribution in [-0.4, -0.2) is 27.6 Å². The first-order chi connectivity index (χ1) is 12.1. The van der Waals surface area contributed by atoms with Crippen molar-refractivity contribution in [3.05, 3.63) is 57.3 Å². The number of fused-ring (bicyclic) bond motifs is 1. The zero-order chi connectivity index (χ0) is 17.6. The zero-order valence-electron chi connectivity index (χ0n) is 14.0. The van der Waals surface area contributed by atoms with Crippen molar-refractivity contribution >= 4 is 12.0 Å². The van der Waals surface area contributed by atoms with E-state index in [1.54, 1.807) is 12.1 Å². The zero-order valence-corrected chi connectivity index (χ0v) is 14.0. The molecule has 0 spiro atoms. The number of rotatable bonds is 5. The van der Waals surface area contributed by atoms with Crippen molar-refractivity contribution < 1.29 is 9.72 Å².